The Bertz CT molecular complexity index is 1300. The number of aliphatic hydroxyl groups is 1. The zero-order valence-corrected chi connectivity index (χ0v) is 23.6. The lowest BCUT2D eigenvalue weighted by atomic mass is 9.58. The number of Topliss-reactive ketones (excluding diaryl/α,β-unsaturated/α-hetero) is 1. The molecule has 2 aromatic carbocycles. The van der Waals surface area contributed by atoms with E-state index in [4.69, 9.17) is 9.47 Å². The van der Waals surface area contributed by atoms with Crippen molar-refractivity contribution in [1.29, 1.82) is 0 Å². The second-order valence-corrected chi connectivity index (χ2v) is 11.0. The Balaban J connectivity index is 1.93. The Hall–Kier alpha value is -3.73. The molecule has 2 aromatic rings. The summed E-state index contributed by atoms with van der Waals surface area (Å²) in [7, 11) is 1.92. The van der Waals surface area contributed by atoms with Gasteiger partial charge >= 0.3 is 24.0 Å². The van der Waals surface area contributed by atoms with E-state index in [0.29, 0.717) is 25.7 Å². The molecular weight excluding hydrogens is 555 g/mol. The highest BCUT2D eigenvalue weighted by molar-refractivity contribution is 6.06. The van der Waals surface area contributed by atoms with Crippen LogP contribution < -0.4 is 0 Å². The average Bonchev–Trinajstić information content (AvgIpc) is 3.92. The highest BCUT2D eigenvalue weighted by atomic mass is 19.4. The monoisotopic (exact) mass is 589 g/mol. The highest BCUT2D eigenvalue weighted by Gasteiger charge is 2.72. The van der Waals surface area contributed by atoms with E-state index in [9.17, 15) is 37.5 Å². The average molecular weight is 590 g/mol. The van der Waals surface area contributed by atoms with Crippen molar-refractivity contribution in [2.75, 3.05) is 14.2 Å². The topological polar surface area (TPSA) is 110 Å². The van der Waals surface area contributed by atoms with E-state index in [1.165, 1.54) is 31.2 Å². The molecule has 8 nitrogen and oxygen atoms in total. The number of nitrogens with zero attached hydrogens (tertiary/aromatic N) is 1. The van der Waals surface area contributed by atoms with Crippen molar-refractivity contribution in [1.82, 2.24) is 4.90 Å². The first kappa shape index (κ1) is 31.2. The molecule has 0 aliphatic heterocycles. The van der Waals surface area contributed by atoms with Crippen LogP contribution in [0.4, 0.5) is 13.2 Å². The second kappa shape index (κ2) is 11.9. The fourth-order valence-electron chi connectivity index (χ4n) is 6.40. The van der Waals surface area contributed by atoms with E-state index < -0.39 is 71.2 Å². The predicted molar refractivity (Wildman–Crippen MR) is 144 cm³/mol. The molecule has 11 heteroatoms. The van der Waals surface area contributed by atoms with Crippen molar-refractivity contribution in [3.63, 3.8) is 0 Å². The molecule has 3 atom stereocenters. The summed E-state index contributed by atoms with van der Waals surface area (Å²) in [5.74, 6) is -6.48. The van der Waals surface area contributed by atoms with Crippen LogP contribution in [0.2, 0.25) is 0 Å². The maximum absolute atomic E-state index is 14.4. The summed E-state index contributed by atoms with van der Waals surface area (Å²) in [6, 6.07) is 12.3. The number of hydrogen-bond acceptors (Lipinski definition) is 7. The maximum Gasteiger partial charge on any atom is 0.471 e. The Morgan fingerprint density at radius 3 is 1.81 bits per heavy atom. The van der Waals surface area contributed by atoms with Gasteiger partial charge in [0.15, 0.2) is 11.4 Å². The van der Waals surface area contributed by atoms with Crippen LogP contribution in [-0.2, 0) is 23.9 Å². The molecule has 0 radical (unpaired) electrons. The number of halogens is 3. The van der Waals surface area contributed by atoms with Gasteiger partial charge in [-0.1, -0.05) is 60.7 Å². The third-order valence-corrected chi connectivity index (χ3v) is 8.54. The molecule has 1 amide bonds. The largest absolute Gasteiger partial charge is 0.471 e. The smallest absolute Gasteiger partial charge is 0.467 e. The van der Waals surface area contributed by atoms with Crippen molar-refractivity contribution in [2.24, 2.45) is 17.3 Å². The van der Waals surface area contributed by atoms with Gasteiger partial charge in [-0.2, -0.15) is 13.2 Å². The lowest BCUT2D eigenvalue weighted by Gasteiger charge is -2.48. The van der Waals surface area contributed by atoms with E-state index >= 15 is 0 Å². The Kier molecular flexibility index (Phi) is 8.82. The molecule has 226 valence electrons. The Labute approximate surface area is 241 Å². The number of hydrogen-bond donors (Lipinski definition) is 1. The van der Waals surface area contributed by atoms with Crippen LogP contribution in [-0.4, -0.2) is 65.7 Å². The quantitative estimate of drug-likeness (QED) is 0.283. The van der Waals surface area contributed by atoms with E-state index in [2.05, 4.69) is 0 Å². The van der Waals surface area contributed by atoms with Gasteiger partial charge in [-0.15, -0.1) is 0 Å². The van der Waals surface area contributed by atoms with Gasteiger partial charge in [0, 0.05) is 12.0 Å². The number of rotatable bonds is 12. The summed E-state index contributed by atoms with van der Waals surface area (Å²) in [6.07, 6.45) is -4.56. The van der Waals surface area contributed by atoms with Crippen LogP contribution in [0.15, 0.2) is 60.7 Å². The number of alkyl halides is 3. The molecule has 2 saturated carbocycles. The molecule has 0 saturated heterocycles. The van der Waals surface area contributed by atoms with Crippen molar-refractivity contribution < 1.29 is 46.9 Å². The van der Waals surface area contributed by atoms with Gasteiger partial charge < -0.3 is 19.5 Å². The fourth-order valence-corrected chi connectivity index (χ4v) is 6.40. The summed E-state index contributed by atoms with van der Waals surface area (Å²) < 4.78 is 52.1. The van der Waals surface area contributed by atoms with Crippen LogP contribution in [0.25, 0.3) is 0 Å². The minimum atomic E-state index is -5.41. The maximum atomic E-state index is 14.4. The van der Waals surface area contributed by atoms with Crippen LogP contribution in [0.3, 0.4) is 0 Å². The molecule has 0 unspecified atom stereocenters. The number of carbonyl (C=O) groups excluding carboxylic acids is 4. The number of amides is 1. The standard InChI is InChI=1S/C31H34F3NO7/c1-19(20-10-6-4-7-11-20)35(27(38)31(32,33)34)24(26(37)41-2)18-29(40,28(39)42-3)30(22-14-15-22,23-16-17-23)25(36)21-12-8-5-9-13-21/h4-13,19,22-24,40H,14-18H2,1-3H3/t19-,24+,29+/m1/s1. The van der Waals surface area contributed by atoms with Crippen LogP contribution in [0.1, 0.15) is 61.0 Å². The van der Waals surface area contributed by atoms with Gasteiger partial charge in [-0.25, -0.2) is 9.59 Å². The van der Waals surface area contributed by atoms with Gasteiger partial charge in [0.05, 0.1) is 25.7 Å². The first-order valence-corrected chi connectivity index (χ1v) is 13.8. The van der Waals surface area contributed by atoms with Crippen LogP contribution >= 0.6 is 0 Å². The van der Waals surface area contributed by atoms with E-state index in [1.807, 2.05) is 0 Å². The van der Waals surface area contributed by atoms with Gasteiger partial charge in [0.1, 0.15) is 6.04 Å². The third-order valence-electron chi connectivity index (χ3n) is 8.54. The van der Waals surface area contributed by atoms with Crippen molar-refractivity contribution in [2.45, 2.75) is 62.9 Å². The summed E-state index contributed by atoms with van der Waals surface area (Å²) in [5, 5.41) is 12.5. The summed E-state index contributed by atoms with van der Waals surface area (Å²) >= 11 is 0. The molecule has 0 spiro atoms. The summed E-state index contributed by atoms with van der Waals surface area (Å²) in [6.45, 7) is 1.30. The minimum Gasteiger partial charge on any atom is -0.467 e. The zero-order valence-electron chi connectivity index (χ0n) is 23.6. The lowest BCUT2D eigenvalue weighted by Crippen LogP contribution is -2.65. The fraction of sp³-hybridized carbons (Fsp3) is 0.484. The normalized spacial score (nSPS) is 18.3. The molecule has 42 heavy (non-hydrogen) atoms. The highest BCUT2D eigenvalue weighted by Crippen LogP contribution is 2.65. The molecule has 4 rings (SSSR count). The summed E-state index contributed by atoms with van der Waals surface area (Å²) in [4.78, 5) is 54.6. The van der Waals surface area contributed by atoms with Crippen molar-refractivity contribution >= 4 is 23.6 Å². The van der Waals surface area contributed by atoms with E-state index in [1.54, 1.807) is 36.4 Å². The molecule has 2 aliphatic carbocycles. The van der Waals surface area contributed by atoms with Crippen LogP contribution in [0.5, 0.6) is 0 Å². The molecule has 0 bridgehead atoms. The number of carbonyl (C=O) groups is 4. The van der Waals surface area contributed by atoms with E-state index in [-0.39, 0.29) is 16.0 Å². The number of benzene rings is 2. The van der Waals surface area contributed by atoms with Crippen molar-refractivity contribution in [3.8, 4) is 0 Å². The Morgan fingerprint density at radius 2 is 1.38 bits per heavy atom. The summed E-state index contributed by atoms with van der Waals surface area (Å²) in [5.41, 5.74) is -4.12. The van der Waals surface area contributed by atoms with Gasteiger partial charge in [0.2, 0.25) is 0 Å². The number of ether oxygens (including phenoxy) is 2. The number of ketones is 1. The molecule has 0 aromatic heterocycles. The lowest BCUT2D eigenvalue weighted by molar-refractivity contribution is -0.200. The minimum absolute atomic E-state index is 0.203. The molecular formula is C31H34F3NO7. The predicted octanol–water partition coefficient (Wildman–Crippen LogP) is 4.66. The van der Waals surface area contributed by atoms with Crippen LogP contribution in [0, 0.1) is 17.3 Å². The number of esters is 2. The zero-order chi connectivity index (χ0) is 30.9. The third kappa shape index (κ3) is 5.54. The molecule has 0 heterocycles. The molecule has 1 N–H and O–H groups in total. The van der Waals surface area contributed by atoms with Gasteiger partial charge in [-0.05, 0) is 50.0 Å². The van der Waals surface area contributed by atoms with E-state index in [0.717, 1.165) is 14.2 Å². The Morgan fingerprint density at radius 1 is 0.881 bits per heavy atom. The SMILES string of the molecule is COC(=O)[C@H](C[C@](O)(C(=O)OC)C(C(=O)c1ccccc1)(C1CC1)C1CC1)N(C(=O)C(F)(F)F)[C@H](C)c1ccccc1. The van der Waals surface area contributed by atoms with Gasteiger partial charge in [-0.3, -0.25) is 9.59 Å². The van der Waals surface area contributed by atoms with Crippen molar-refractivity contribution in [3.05, 3.63) is 71.8 Å². The van der Waals surface area contributed by atoms with Gasteiger partial charge in [0.25, 0.3) is 0 Å². The number of methoxy groups -OCH3 is 2. The second-order valence-electron chi connectivity index (χ2n) is 11.0. The molecule has 2 aliphatic rings. The first-order chi connectivity index (χ1) is 19.8. The molecule has 2 fully saturated rings. The first-order valence-electron chi connectivity index (χ1n) is 13.8.